The maximum Gasteiger partial charge on any atom is 0.297 e. The standard InChI is InChI=1S/C17H16O3S/c1-2-13-7-9-17(10-8-13)21(18,19)20-16-11-14-5-3-4-6-15(14)12-16/h2-10,16H,1,11-12H2. The van der Waals surface area contributed by atoms with E-state index in [-0.39, 0.29) is 11.0 Å². The molecule has 3 nitrogen and oxygen atoms in total. The Morgan fingerprint density at radius 1 is 1.00 bits per heavy atom. The van der Waals surface area contributed by atoms with Crippen LogP contribution in [0.3, 0.4) is 0 Å². The van der Waals surface area contributed by atoms with E-state index in [9.17, 15) is 8.42 Å². The molecule has 21 heavy (non-hydrogen) atoms. The lowest BCUT2D eigenvalue weighted by molar-refractivity contribution is 0.221. The van der Waals surface area contributed by atoms with Crippen molar-refractivity contribution < 1.29 is 12.6 Å². The average molecular weight is 300 g/mol. The number of rotatable bonds is 4. The highest BCUT2D eigenvalue weighted by atomic mass is 32.2. The molecule has 0 aliphatic heterocycles. The molecule has 1 aliphatic rings. The lowest BCUT2D eigenvalue weighted by Gasteiger charge is -2.11. The number of benzene rings is 2. The molecule has 0 saturated carbocycles. The van der Waals surface area contributed by atoms with E-state index in [2.05, 4.69) is 6.58 Å². The fourth-order valence-corrected chi connectivity index (χ4v) is 3.67. The van der Waals surface area contributed by atoms with Crippen molar-refractivity contribution in [2.45, 2.75) is 23.8 Å². The van der Waals surface area contributed by atoms with E-state index < -0.39 is 10.1 Å². The van der Waals surface area contributed by atoms with Gasteiger partial charge in [-0.2, -0.15) is 8.42 Å². The summed E-state index contributed by atoms with van der Waals surface area (Å²) >= 11 is 0. The van der Waals surface area contributed by atoms with Crippen LogP contribution in [-0.4, -0.2) is 14.5 Å². The Labute approximate surface area is 125 Å². The summed E-state index contributed by atoms with van der Waals surface area (Å²) in [5, 5.41) is 0. The Bertz CT molecular complexity index is 736. The van der Waals surface area contributed by atoms with E-state index in [1.54, 1.807) is 30.3 Å². The highest BCUT2D eigenvalue weighted by Gasteiger charge is 2.27. The van der Waals surface area contributed by atoms with Crippen molar-refractivity contribution in [3.8, 4) is 0 Å². The van der Waals surface area contributed by atoms with Crippen LogP contribution in [0.5, 0.6) is 0 Å². The normalized spacial score (nSPS) is 14.9. The summed E-state index contributed by atoms with van der Waals surface area (Å²) in [6.45, 7) is 3.65. The van der Waals surface area contributed by atoms with Gasteiger partial charge in [0.2, 0.25) is 0 Å². The monoisotopic (exact) mass is 300 g/mol. The van der Waals surface area contributed by atoms with E-state index in [4.69, 9.17) is 4.18 Å². The third-order valence-electron chi connectivity index (χ3n) is 3.68. The Morgan fingerprint density at radius 2 is 1.57 bits per heavy atom. The smallest absolute Gasteiger partial charge is 0.262 e. The second-order valence-corrected chi connectivity index (χ2v) is 6.69. The number of hydrogen-bond acceptors (Lipinski definition) is 3. The molecule has 0 aromatic heterocycles. The summed E-state index contributed by atoms with van der Waals surface area (Å²) in [4.78, 5) is 0.184. The number of hydrogen-bond donors (Lipinski definition) is 0. The summed E-state index contributed by atoms with van der Waals surface area (Å²) in [7, 11) is -3.72. The first-order chi connectivity index (χ1) is 10.1. The van der Waals surface area contributed by atoms with Gasteiger partial charge in [0.15, 0.2) is 0 Å². The molecule has 0 atom stereocenters. The molecule has 4 heteroatoms. The SMILES string of the molecule is C=Cc1ccc(S(=O)(=O)OC2Cc3ccccc3C2)cc1. The highest BCUT2D eigenvalue weighted by molar-refractivity contribution is 7.86. The Kier molecular flexibility index (Phi) is 3.66. The molecule has 0 heterocycles. The second-order valence-electron chi connectivity index (χ2n) is 5.12. The van der Waals surface area contributed by atoms with Crippen molar-refractivity contribution in [3.63, 3.8) is 0 Å². The second kappa shape index (κ2) is 5.47. The van der Waals surface area contributed by atoms with Crippen LogP contribution in [0.25, 0.3) is 6.08 Å². The van der Waals surface area contributed by atoms with E-state index in [0.29, 0.717) is 12.8 Å². The van der Waals surface area contributed by atoms with Gasteiger partial charge in [0.05, 0.1) is 11.0 Å². The molecule has 3 rings (SSSR count). The molecule has 2 aromatic carbocycles. The first-order valence-corrected chi connectivity index (χ1v) is 8.22. The lowest BCUT2D eigenvalue weighted by Crippen LogP contribution is -2.18. The maximum atomic E-state index is 12.3. The molecule has 0 spiro atoms. The molecular formula is C17H16O3S. The first kappa shape index (κ1) is 14.0. The fraction of sp³-hybridized carbons (Fsp3) is 0.176. The summed E-state index contributed by atoms with van der Waals surface area (Å²) in [6, 6.07) is 14.5. The van der Waals surface area contributed by atoms with Gasteiger partial charge in [0, 0.05) is 12.8 Å². The zero-order chi connectivity index (χ0) is 14.9. The number of fused-ring (bicyclic) bond motifs is 1. The van der Waals surface area contributed by atoms with Gasteiger partial charge < -0.3 is 0 Å². The predicted octanol–water partition coefficient (Wildman–Crippen LogP) is 3.20. The minimum absolute atomic E-state index is 0.184. The third kappa shape index (κ3) is 2.91. The summed E-state index contributed by atoms with van der Waals surface area (Å²) in [5.41, 5.74) is 3.21. The van der Waals surface area contributed by atoms with Gasteiger partial charge in [-0.15, -0.1) is 0 Å². The fourth-order valence-electron chi connectivity index (χ4n) is 2.59. The van der Waals surface area contributed by atoms with Crippen LogP contribution in [0.1, 0.15) is 16.7 Å². The van der Waals surface area contributed by atoms with Gasteiger partial charge in [-0.1, -0.05) is 49.1 Å². The van der Waals surface area contributed by atoms with Gasteiger partial charge in [-0.25, -0.2) is 0 Å². The molecule has 0 radical (unpaired) electrons. The zero-order valence-corrected chi connectivity index (χ0v) is 12.3. The van der Waals surface area contributed by atoms with Crippen molar-refractivity contribution in [2.24, 2.45) is 0 Å². The van der Waals surface area contributed by atoms with Crippen LogP contribution in [0, 0.1) is 0 Å². The molecule has 2 aromatic rings. The van der Waals surface area contributed by atoms with Crippen LogP contribution >= 0.6 is 0 Å². The van der Waals surface area contributed by atoms with Crippen LogP contribution < -0.4 is 0 Å². The van der Waals surface area contributed by atoms with Crippen molar-refractivity contribution in [1.82, 2.24) is 0 Å². The largest absolute Gasteiger partial charge is 0.297 e. The van der Waals surface area contributed by atoms with Gasteiger partial charge in [0.25, 0.3) is 10.1 Å². The Morgan fingerprint density at radius 3 is 2.10 bits per heavy atom. The summed E-state index contributed by atoms with van der Waals surface area (Å²) < 4.78 is 30.0. The highest BCUT2D eigenvalue weighted by Crippen LogP contribution is 2.26. The van der Waals surface area contributed by atoms with Gasteiger partial charge in [-0.05, 0) is 28.8 Å². The maximum absolute atomic E-state index is 12.3. The van der Waals surface area contributed by atoms with E-state index in [1.807, 2.05) is 24.3 Å². The molecule has 0 unspecified atom stereocenters. The van der Waals surface area contributed by atoms with E-state index in [0.717, 1.165) is 5.56 Å². The summed E-state index contributed by atoms with van der Waals surface area (Å²) in [6.07, 6.45) is 2.64. The lowest BCUT2D eigenvalue weighted by atomic mass is 10.1. The van der Waals surface area contributed by atoms with Crippen LogP contribution in [0.15, 0.2) is 60.0 Å². The van der Waals surface area contributed by atoms with E-state index >= 15 is 0 Å². The van der Waals surface area contributed by atoms with Crippen LogP contribution in [0.2, 0.25) is 0 Å². The minimum atomic E-state index is -3.72. The quantitative estimate of drug-likeness (QED) is 0.814. The minimum Gasteiger partial charge on any atom is -0.262 e. The summed E-state index contributed by atoms with van der Waals surface area (Å²) in [5.74, 6) is 0. The van der Waals surface area contributed by atoms with Crippen LogP contribution in [0.4, 0.5) is 0 Å². The van der Waals surface area contributed by atoms with Crippen molar-refractivity contribution in [3.05, 3.63) is 71.8 Å². The molecule has 1 aliphatic carbocycles. The van der Waals surface area contributed by atoms with Crippen molar-refractivity contribution >= 4 is 16.2 Å². The van der Waals surface area contributed by atoms with Gasteiger partial charge >= 0.3 is 0 Å². The molecule has 0 bridgehead atoms. The van der Waals surface area contributed by atoms with Crippen LogP contribution in [-0.2, 0) is 27.1 Å². The van der Waals surface area contributed by atoms with E-state index in [1.165, 1.54) is 11.1 Å². The molecule has 0 fully saturated rings. The molecular weight excluding hydrogens is 284 g/mol. The van der Waals surface area contributed by atoms with Crippen molar-refractivity contribution in [1.29, 1.82) is 0 Å². The first-order valence-electron chi connectivity index (χ1n) is 6.81. The zero-order valence-electron chi connectivity index (χ0n) is 11.5. The molecule has 0 amide bonds. The average Bonchev–Trinajstić information content (AvgIpc) is 2.88. The van der Waals surface area contributed by atoms with Gasteiger partial charge in [-0.3, -0.25) is 4.18 Å². The Hall–Kier alpha value is -1.91. The molecule has 0 saturated heterocycles. The third-order valence-corrected chi connectivity index (χ3v) is 5.06. The molecule has 0 N–H and O–H groups in total. The van der Waals surface area contributed by atoms with Gasteiger partial charge in [0.1, 0.15) is 0 Å². The topological polar surface area (TPSA) is 43.4 Å². The Balaban J connectivity index is 1.76. The van der Waals surface area contributed by atoms with Crippen molar-refractivity contribution in [2.75, 3.05) is 0 Å². The predicted molar refractivity (Wildman–Crippen MR) is 82.4 cm³/mol. The molecule has 108 valence electrons.